The summed E-state index contributed by atoms with van der Waals surface area (Å²) in [5, 5.41) is 9.78. The van der Waals surface area contributed by atoms with Crippen LogP contribution < -0.4 is 10.6 Å². The highest BCUT2D eigenvalue weighted by molar-refractivity contribution is 14.0. The molecule has 1 atom stereocenters. The van der Waals surface area contributed by atoms with Crippen LogP contribution >= 0.6 is 35.3 Å². The van der Waals surface area contributed by atoms with Crippen molar-refractivity contribution in [1.29, 1.82) is 0 Å². The highest BCUT2D eigenvalue weighted by Gasteiger charge is 2.07. The van der Waals surface area contributed by atoms with E-state index in [1.54, 1.807) is 25.5 Å². The highest BCUT2D eigenvalue weighted by atomic mass is 127. The molecule has 7 heteroatoms. The number of methoxy groups -OCH3 is 1. The van der Waals surface area contributed by atoms with E-state index in [1.807, 2.05) is 0 Å². The first-order chi connectivity index (χ1) is 9.06. The van der Waals surface area contributed by atoms with Gasteiger partial charge in [-0.3, -0.25) is 4.99 Å². The van der Waals surface area contributed by atoms with E-state index in [9.17, 15) is 0 Å². The summed E-state index contributed by atoms with van der Waals surface area (Å²) in [5.74, 6) is 1.25. The maximum atomic E-state index is 5.09. The molecule has 1 unspecified atom stereocenters. The van der Waals surface area contributed by atoms with Crippen molar-refractivity contribution in [3.8, 4) is 0 Å². The quantitative estimate of drug-likeness (QED) is 0.429. The zero-order chi connectivity index (χ0) is 14.3. The third-order valence-electron chi connectivity index (χ3n) is 2.52. The Morgan fingerprint density at radius 2 is 2.15 bits per heavy atom. The first-order valence-corrected chi connectivity index (χ1v) is 7.35. The summed E-state index contributed by atoms with van der Waals surface area (Å²) in [7, 11) is 3.45. The fraction of sp³-hybridized carbons (Fsp3) is 0.692. The van der Waals surface area contributed by atoms with Crippen LogP contribution in [0.5, 0.6) is 0 Å². The first-order valence-electron chi connectivity index (χ1n) is 6.47. The van der Waals surface area contributed by atoms with Gasteiger partial charge in [-0.25, -0.2) is 4.98 Å². The van der Waals surface area contributed by atoms with Gasteiger partial charge in [0, 0.05) is 31.5 Å². The number of hydrogen-bond acceptors (Lipinski definition) is 4. The maximum absolute atomic E-state index is 5.09. The molecule has 1 heterocycles. The fourth-order valence-corrected chi connectivity index (χ4v) is 2.40. The van der Waals surface area contributed by atoms with Gasteiger partial charge < -0.3 is 15.4 Å². The van der Waals surface area contributed by atoms with Crippen molar-refractivity contribution in [1.82, 2.24) is 15.6 Å². The van der Waals surface area contributed by atoms with E-state index in [-0.39, 0.29) is 30.0 Å². The van der Waals surface area contributed by atoms with Crippen molar-refractivity contribution in [2.45, 2.75) is 39.3 Å². The minimum atomic E-state index is 0. The van der Waals surface area contributed by atoms with E-state index < -0.39 is 0 Å². The summed E-state index contributed by atoms with van der Waals surface area (Å²) in [4.78, 5) is 8.76. The Morgan fingerprint density at radius 3 is 2.65 bits per heavy atom. The van der Waals surface area contributed by atoms with Crippen molar-refractivity contribution in [2.24, 2.45) is 4.99 Å². The van der Waals surface area contributed by atoms with Crippen LogP contribution in [0.3, 0.4) is 0 Å². The summed E-state index contributed by atoms with van der Waals surface area (Å²) in [6.45, 7) is 7.69. The molecule has 0 spiro atoms. The van der Waals surface area contributed by atoms with Crippen molar-refractivity contribution in [2.75, 3.05) is 20.8 Å². The topological polar surface area (TPSA) is 58.5 Å². The van der Waals surface area contributed by atoms with Gasteiger partial charge in [0.25, 0.3) is 0 Å². The second-order valence-electron chi connectivity index (χ2n) is 4.76. The summed E-state index contributed by atoms with van der Waals surface area (Å²) in [6, 6.07) is 0.220. The molecule has 0 bridgehead atoms. The van der Waals surface area contributed by atoms with Crippen LogP contribution in [0.1, 0.15) is 37.4 Å². The summed E-state index contributed by atoms with van der Waals surface area (Å²) >= 11 is 1.71. The lowest BCUT2D eigenvalue weighted by molar-refractivity contribution is 0.179. The average Bonchev–Trinajstić information content (AvgIpc) is 2.83. The molecular formula is C13H25IN4OS. The Balaban J connectivity index is 0.00000361. The van der Waals surface area contributed by atoms with Gasteiger partial charge in [0.05, 0.1) is 23.9 Å². The molecule has 1 aromatic heterocycles. The lowest BCUT2D eigenvalue weighted by atomic mass is 10.2. The molecule has 0 fully saturated rings. The van der Waals surface area contributed by atoms with Gasteiger partial charge in [-0.15, -0.1) is 35.3 Å². The normalized spacial score (nSPS) is 13.0. The van der Waals surface area contributed by atoms with Gasteiger partial charge in [0.2, 0.25) is 0 Å². The van der Waals surface area contributed by atoms with E-state index in [0.717, 1.165) is 11.7 Å². The van der Waals surface area contributed by atoms with Crippen LogP contribution in [0.15, 0.2) is 10.4 Å². The van der Waals surface area contributed by atoms with Gasteiger partial charge in [0.15, 0.2) is 5.96 Å². The summed E-state index contributed by atoms with van der Waals surface area (Å²) in [5.41, 5.74) is 1.05. The molecule has 0 aromatic carbocycles. The number of ether oxygens (including phenoxy) is 1. The lowest BCUT2D eigenvalue weighted by Crippen LogP contribution is -2.43. The van der Waals surface area contributed by atoms with Crippen molar-refractivity contribution < 1.29 is 4.74 Å². The van der Waals surface area contributed by atoms with Crippen molar-refractivity contribution in [3.05, 3.63) is 16.1 Å². The highest BCUT2D eigenvalue weighted by Crippen LogP contribution is 2.18. The Hall–Kier alpha value is -0.410. The van der Waals surface area contributed by atoms with E-state index in [1.165, 1.54) is 5.01 Å². The van der Waals surface area contributed by atoms with Gasteiger partial charge in [-0.2, -0.15) is 0 Å². The predicted octanol–water partition coefficient (Wildman–Crippen LogP) is 2.58. The molecule has 1 aromatic rings. The average molecular weight is 412 g/mol. The molecule has 0 aliphatic carbocycles. The molecule has 1 rings (SSSR count). The minimum absolute atomic E-state index is 0. The third-order valence-corrected chi connectivity index (χ3v) is 3.72. The summed E-state index contributed by atoms with van der Waals surface area (Å²) in [6.07, 6.45) is 0. The smallest absolute Gasteiger partial charge is 0.191 e. The molecule has 2 N–H and O–H groups in total. The Bertz CT molecular complexity index is 409. The van der Waals surface area contributed by atoms with Crippen LogP contribution in [-0.2, 0) is 11.3 Å². The second-order valence-corrected chi connectivity index (χ2v) is 5.65. The van der Waals surface area contributed by atoms with E-state index in [2.05, 4.69) is 46.8 Å². The molecule has 0 saturated carbocycles. The molecule has 0 aliphatic rings. The van der Waals surface area contributed by atoms with Crippen LogP contribution in [0.25, 0.3) is 0 Å². The monoisotopic (exact) mass is 412 g/mol. The van der Waals surface area contributed by atoms with E-state index >= 15 is 0 Å². The number of thiazole rings is 1. The standard InChI is InChI=1S/C13H24N4OS.HI/c1-9(2)12-17-11(8-19-12)6-15-13(14-4)16-10(3)7-18-5;/h8-10H,6-7H2,1-5H3,(H2,14,15,16);1H. The van der Waals surface area contributed by atoms with Crippen LogP contribution in [0.4, 0.5) is 0 Å². The minimum Gasteiger partial charge on any atom is -0.383 e. The van der Waals surface area contributed by atoms with E-state index in [0.29, 0.717) is 19.1 Å². The Morgan fingerprint density at radius 1 is 1.45 bits per heavy atom. The zero-order valence-electron chi connectivity index (χ0n) is 12.8. The number of rotatable bonds is 6. The second kappa shape index (κ2) is 10.3. The molecule has 20 heavy (non-hydrogen) atoms. The van der Waals surface area contributed by atoms with Crippen molar-refractivity contribution >= 4 is 41.3 Å². The van der Waals surface area contributed by atoms with Gasteiger partial charge in [-0.1, -0.05) is 13.8 Å². The number of nitrogens with zero attached hydrogens (tertiary/aromatic N) is 2. The Kier molecular flexibility index (Phi) is 10.1. The number of guanidine groups is 1. The van der Waals surface area contributed by atoms with Crippen molar-refractivity contribution in [3.63, 3.8) is 0 Å². The largest absolute Gasteiger partial charge is 0.383 e. The molecular weight excluding hydrogens is 387 g/mol. The third kappa shape index (κ3) is 6.85. The molecule has 0 aliphatic heterocycles. The number of nitrogens with one attached hydrogen (secondary N) is 2. The fourth-order valence-electron chi connectivity index (χ4n) is 1.56. The van der Waals surface area contributed by atoms with Crippen LogP contribution in [-0.4, -0.2) is 37.7 Å². The SMILES string of the molecule is CN=C(NCc1csc(C(C)C)n1)NC(C)COC.I. The molecule has 5 nitrogen and oxygen atoms in total. The van der Waals surface area contributed by atoms with Gasteiger partial charge in [0.1, 0.15) is 0 Å². The molecule has 0 amide bonds. The number of halogens is 1. The number of hydrogen-bond donors (Lipinski definition) is 2. The van der Waals surface area contributed by atoms with Crippen LogP contribution in [0, 0.1) is 0 Å². The van der Waals surface area contributed by atoms with Gasteiger partial charge in [-0.05, 0) is 6.92 Å². The van der Waals surface area contributed by atoms with Gasteiger partial charge >= 0.3 is 0 Å². The molecule has 116 valence electrons. The summed E-state index contributed by atoms with van der Waals surface area (Å²) < 4.78 is 5.09. The number of aliphatic imine (C=N–C) groups is 1. The molecule has 0 radical (unpaired) electrons. The maximum Gasteiger partial charge on any atom is 0.191 e. The van der Waals surface area contributed by atoms with E-state index in [4.69, 9.17) is 4.74 Å². The zero-order valence-corrected chi connectivity index (χ0v) is 15.9. The van der Waals surface area contributed by atoms with Crippen LogP contribution in [0.2, 0.25) is 0 Å². The first kappa shape index (κ1) is 19.6. The number of aromatic nitrogens is 1. The molecule has 0 saturated heterocycles. The lowest BCUT2D eigenvalue weighted by Gasteiger charge is -2.16. The Labute approximate surface area is 142 Å². The predicted molar refractivity (Wildman–Crippen MR) is 96.3 cm³/mol.